The lowest BCUT2D eigenvalue weighted by Gasteiger charge is -2.32. The monoisotopic (exact) mass is 473 g/mol. The maximum absolute atomic E-state index is 13.6. The van der Waals surface area contributed by atoms with Crippen molar-refractivity contribution in [3.63, 3.8) is 0 Å². The van der Waals surface area contributed by atoms with Crippen LogP contribution in [0.3, 0.4) is 0 Å². The van der Waals surface area contributed by atoms with Crippen molar-refractivity contribution in [1.82, 2.24) is 4.90 Å². The van der Waals surface area contributed by atoms with Gasteiger partial charge in [0.15, 0.2) is 11.5 Å². The number of nitrogens with zero attached hydrogens (tertiary/aromatic N) is 1. The summed E-state index contributed by atoms with van der Waals surface area (Å²) in [7, 11) is 3.08. The SMILES string of the molecule is COc1ccc(C(=O)N(Cc2cc(NC(=O)C3CC3)ccc2Cl)CC(C)(C)CN)cc1OC. The van der Waals surface area contributed by atoms with Gasteiger partial charge in [0.25, 0.3) is 5.91 Å². The molecule has 1 aliphatic carbocycles. The van der Waals surface area contributed by atoms with E-state index >= 15 is 0 Å². The van der Waals surface area contributed by atoms with Gasteiger partial charge in [0.1, 0.15) is 0 Å². The summed E-state index contributed by atoms with van der Waals surface area (Å²) in [5, 5.41) is 3.46. The van der Waals surface area contributed by atoms with Crippen molar-refractivity contribution in [2.75, 3.05) is 32.6 Å². The second-order valence-electron chi connectivity index (χ2n) is 9.17. The van der Waals surface area contributed by atoms with Crippen LogP contribution >= 0.6 is 11.6 Å². The van der Waals surface area contributed by atoms with Crippen LogP contribution in [0.1, 0.15) is 42.6 Å². The predicted octanol–water partition coefficient (Wildman–Crippen LogP) is 4.33. The van der Waals surface area contributed by atoms with Crippen molar-refractivity contribution in [2.24, 2.45) is 17.1 Å². The number of ether oxygens (including phenoxy) is 2. The molecule has 8 heteroatoms. The number of nitrogens with two attached hydrogens (primary N) is 1. The minimum Gasteiger partial charge on any atom is -0.493 e. The lowest BCUT2D eigenvalue weighted by atomic mass is 9.92. The van der Waals surface area contributed by atoms with Crippen LogP contribution in [0.25, 0.3) is 0 Å². The van der Waals surface area contributed by atoms with E-state index in [0.717, 1.165) is 18.4 Å². The van der Waals surface area contributed by atoms with Gasteiger partial charge in [0, 0.05) is 35.3 Å². The van der Waals surface area contributed by atoms with Crippen LogP contribution in [-0.4, -0.2) is 44.0 Å². The predicted molar refractivity (Wildman–Crippen MR) is 130 cm³/mol. The van der Waals surface area contributed by atoms with Crippen molar-refractivity contribution in [3.8, 4) is 11.5 Å². The number of methoxy groups -OCH3 is 2. The van der Waals surface area contributed by atoms with E-state index in [9.17, 15) is 9.59 Å². The van der Waals surface area contributed by atoms with Gasteiger partial charge in [0.05, 0.1) is 14.2 Å². The Hall–Kier alpha value is -2.77. The largest absolute Gasteiger partial charge is 0.493 e. The zero-order chi connectivity index (χ0) is 24.2. The van der Waals surface area contributed by atoms with E-state index in [1.165, 1.54) is 7.11 Å². The molecule has 0 bridgehead atoms. The van der Waals surface area contributed by atoms with Crippen LogP contribution < -0.4 is 20.5 Å². The topological polar surface area (TPSA) is 93.9 Å². The molecule has 2 aromatic carbocycles. The maximum Gasteiger partial charge on any atom is 0.254 e. The Morgan fingerprint density at radius 1 is 1.12 bits per heavy atom. The summed E-state index contributed by atoms with van der Waals surface area (Å²) >= 11 is 6.48. The Bertz CT molecular complexity index is 1020. The van der Waals surface area contributed by atoms with Gasteiger partial charge in [-0.05, 0) is 66.8 Å². The van der Waals surface area contributed by atoms with Gasteiger partial charge in [-0.25, -0.2) is 0 Å². The van der Waals surface area contributed by atoms with Gasteiger partial charge >= 0.3 is 0 Å². The van der Waals surface area contributed by atoms with E-state index in [4.69, 9.17) is 26.8 Å². The highest BCUT2D eigenvalue weighted by Gasteiger charge is 2.30. The Balaban J connectivity index is 1.89. The van der Waals surface area contributed by atoms with Crippen molar-refractivity contribution in [3.05, 3.63) is 52.5 Å². The second-order valence-corrected chi connectivity index (χ2v) is 9.58. The molecule has 3 rings (SSSR count). The standard InChI is InChI=1S/C25H32ClN3O4/c1-25(2,14-27)15-29(24(31)17-7-10-21(32-3)22(12-17)33-4)13-18-11-19(8-9-20(18)26)28-23(30)16-5-6-16/h7-12,16H,5-6,13-15,27H2,1-4H3,(H,28,30). The van der Waals surface area contributed by atoms with Crippen LogP contribution in [-0.2, 0) is 11.3 Å². The molecule has 0 radical (unpaired) electrons. The first-order valence-corrected chi connectivity index (χ1v) is 11.4. The van der Waals surface area contributed by atoms with Gasteiger partial charge in [-0.15, -0.1) is 0 Å². The summed E-state index contributed by atoms with van der Waals surface area (Å²) < 4.78 is 10.7. The Labute approximate surface area is 200 Å². The Morgan fingerprint density at radius 3 is 2.42 bits per heavy atom. The Morgan fingerprint density at radius 2 is 1.82 bits per heavy atom. The zero-order valence-corrected chi connectivity index (χ0v) is 20.4. The number of amides is 2. The number of rotatable bonds is 10. The highest BCUT2D eigenvalue weighted by molar-refractivity contribution is 6.31. The number of carbonyl (C=O) groups excluding carboxylic acids is 2. The first-order valence-electron chi connectivity index (χ1n) is 11.0. The molecule has 0 spiro atoms. The molecule has 0 aromatic heterocycles. The average molecular weight is 474 g/mol. The molecule has 0 unspecified atom stereocenters. The molecule has 178 valence electrons. The fraction of sp³-hybridized carbons (Fsp3) is 0.440. The van der Waals surface area contributed by atoms with E-state index in [-0.39, 0.29) is 29.7 Å². The number of hydrogen-bond acceptors (Lipinski definition) is 5. The first-order chi connectivity index (χ1) is 15.7. The molecule has 0 atom stereocenters. The van der Waals surface area contributed by atoms with E-state index < -0.39 is 0 Å². The lowest BCUT2D eigenvalue weighted by molar-refractivity contribution is -0.117. The van der Waals surface area contributed by atoms with Gasteiger partial charge in [-0.2, -0.15) is 0 Å². The van der Waals surface area contributed by atoms with E-state index in [2.05, 4.69) is 5.32 Å². The fourth-order valence-corrected chi connectivity index (χ4v) is 3.68. The first kappa shape index (κ1) is 24.9. The molecule has 33 heavy (non-hydrogen) atoms. The van der Waals surface area contributed by atoms with Crippen LogP contribution in [0.15, 0.2) is 36.4 Å². The molecular formula is C25H32ClN3O4. The summed E-state index contributed by atoms with van der Waals surface area (Å²) in [5.41, 5.74) is 7.54. The fourth-order valence-electron chi connectivity index (χ4n) is 3.50. The third-order valence-electron chi connectivity index (χ3n) is 5.71. The smallest absolute Gasteiger partial charge is 0.254 e. The van der Waals surface area contributed by atoms with E-state index in [1.807, 2.05) is 19.9 Å². The molecule has 0 saturated heterocycles. The van der Waals surface area contributed by atoms with Crippen LogP contribution in [0.2, 0.25) is 5.02 Å². The molecule has 1 aliphatic rings. The van der Waals surface area contributed by atoms with E-state index in [0.29, 0.717) is 40.9 Å². The Kier molecular flexibility index (Phi) is 7.87. The van der Waals surface area contributed by atoms with Gasteiger partial charge in [-0.1, -0.05) is 25.4 Å². The zero-order valence-electron chi connectivity index (χ0n) is 19.6. The highest BCUT2D eigenvalue weighted by atomic mass is 35.5. The molecule has 2 amide bonds. The van der Waals surface area contributed by atoms with Crippen LogP contribution in [0.4, 0.5) is 5.69 Å². The third-order valence-corrected chi connectivity index (χ3v) is 6.08. The number of anilines is 1. The summed E-state index contributed by atoms with van der Waals surface area (Å²) in [6.45, 7) is 5.12. The van der Waals surface area contributed by atoms with Gasteiger partial charge < -0.3 is 25.4 Å². The molecule has 7 nitrogen and oxygen atoms in total. The van der Waals surface area contributed by atoms with Crippen molar-refractivity contribution < 1.29 is 19.1 Å². The van der Waals surface area contributed by atoms with Gasteiger partial charge in [0.2, 0.25) is 5.91 Å². The van der Waals surface area contributed by atoms with Crippen molar-refractivity contribution in [1.29, 1.82) is 0 Å². The lowest BCUT2D eigenvalue weighted by Crippen LogP contribution is -2.41. The summed E-state index contributed by atoms with van der Waals surface area (Å²) in [6, 6.07) is 10.4. The molecule has 1 fully saturated rings. The highest BCUT2D eigenvalue weighted by Crippen LogP contribution is 2.32. The quantitative estimate of drug-likeness (QED) is 0.535. The minimum atomic E-state index is -0.309. The number of nitrogens with one attached hydrogen (secondary N) is 1. The molecule has 0 aliphatic heterocycles. The number of halogens is 1. The number of carbonyl (C=O) groups is 2. The maximum atomic E-state index is 13.6. The second kappa shape index (κ2) is 10.4. The molecule has 1 saturated carbocycles. The normalized spacial score (nSPS) is 13.4. The third kappa shape index (κ3) is 6.39. The molecule has 3 N–H and O–H groups in total. The number of hydrogen-bond donors (Lipinski definition) is 2. The van der Waals surface area contributed by atoms with E-state index in [1.54, 1.807) is 42.3 Å². The number of benzene rings is 2. The van der Waals surface area contributed by atoms with Crippen molar-refractivity contribution >= 4 is 29.1 Å². The summed E-state index contributed by atoms with van der Waals surface area (Å²) in [6.07, 6.45) is 1.85. The average Bonchev–Trinajstić information content (AvgIpc) is 3.65. The molecule has 0 heterocycles. The molecular weight excluding hydrogens is 442 g/mol. The minimum absolute atomic E-state index is 0.0193. The van der Waals surface area contributed by atoms with Crippen LogP contribution in [0.5, 0.6) is 11.5 Å². The molecule has 2 aromatic rings. The van der Waals surface area contributed by atoms with Gasteiger partial charge in [-0.3, -0.25) is 9.59 Å². The van der Waals surface area contributed by atoms with Crippen LogP contribution in [0, 0.1) is 11.3 Å². The van der Waals surface area contributed by atoms with Crippen molar-refractivity contribution in [2.45, 2.75) is 33.2 Å². The summed E-state index contributed by atoms with van der Waals surface area (Å²) in [4.78, 5) is 27.5. The summed E-state index contributed by atoms with van der Waals surface area (Å²) in [5.74, 6) is 0.957.